The van der Waals surface area contributed by atoms with Gasteiger partial charge >= 0.3 is 0 Å². The van der Waals surface area contributed by atoms with Crippen molar-refractivity contribution in [1.29, 1.82) is 0 Å². The lowest BCUT2D eigenvalue weighted by Crippen LogP contribution is -2.56. The molecule has 128 valence electrons. The molecule has 0 bridgehead atoms. The molecule has 2 fully saturated rings. The molecule has 0 saturated carbocycles. The standard InChI is InChI=1S/C18H24N4O2/c1-21-6-8-22(9-7-21)17-12-24-11-16(17)20-18(23)14-2-3-15-13(10-14)4-5-19-15/h2-5,10,16-17,19H,6-9,11-12H2,1H3,(H,20,23)/t16-,17-/m0/s1. The van der Waals surface area contributed by atoms with Crippen molar-refractivity contribution in [3.63, 3.8) is 0 Å². The SMILES string of the molecule is CN1CCN([C@H]2COC[C@@H]2NC(=O)c2ccc3[nH]ccc3c2)CC1. The minimum Gasteiger partial charge on any atom is -0.378 e. The first-order chi connectivity index (χ1) is 11.7. The van der Waals surface area contributed by atoms with Crippen LogP contribution < -0.4 is 5.32 Å². The average molecular weight is 328 g/mol. The number of amides is 1. The third kappa shape index (κ3) is 3.05. The van der Waals surface area contributed by atoms with Crippen LogP contribution in [-0.2, 0) is 4.74 Å². The van der Waals surface area contributed by atoms with Gasteiger partial charge in [0.05, 0.1) is 25.3 Å². The molecule has 4 rings (SSSR count). The van der Waals surface area contributed by atoms with E-state index < -0.39 is 0 Å². The van der Waals surface area contributed by atoms with E-state index in [1.54, 1.807) is 0 Å². The molecule has 1 amide bonds. The highest BCUT2D eigenvalue weighted by Crippen LogP contribution is 2.18. The molecular weight excluding hydrogens is 304 g/mol. The second kappa shape index (κ2) is 6.55. The molecule has 2 aliphatic heterocycles. The minimum absolute atomic E-state index is 0.0206. The number of benzene rings is 1. The Labute approximate surface area is 141 Å². The number of nitrogens with zero attached hydrogens (tertiary/aromatic N) is 2. The van der Waals surface area contributed by atoms with E-state index in [1.807, 2.05) is 30.5 Å². The molecular formula is C18H24N4O2. The van der Waals surface area contributed by atoms with E-state index in [2.05, 4.69) is 27.1 Å². The first kappa shape index (κ1) is 15.6. The summed E-state index contributed by atoms with van der Waals surface area (Å²) in [6.07, 6.45) is 1.89. The highest BCUT2D eigenvalue weighted by molar-refractivity contribution is 5.98. The highest BCUT2D eigenvalue weighted by Gasteiger charge is 2.35. The topological polar surface area (TPSA) is 60.6 Å². The Morgan fingerprint density at radius 1 is 1.21 bits per heavy atom. The smallest absolute Gasteiger partial charge is 0.251 e. The number of likely N-dealkylation sites (N-methyl/N-ethyl adjacent to an activating group) is 1. The number of nitrogens with one attached hydrogen (secondary N) is 2. The van der Waals surface area contributed by atoms with Gasteiger partial charge in [-0.2, -0.15) is 0 Å². The number of rotatable bonds is 3. The fourth-order valence-electron chi connectivity index (χ4n) is 3.64. The molecule has 2 N–H and O–H groups in total. The summed E-state index contributed by atoms with van der Waals surface area (Å²) in [4.78, 5) is 20.6. The third-order valence-electron chi connectivity index (χ3n) is 5.19. The van der Waals surface area contributed by atoms with E-state index >= 15 is 0 Å². The molecule has 24 heavy (non-hydrogen) atoms. The maximum Gasteiger partial charge on any atom is 0.251 e. The number of aromatic amines is 1. The van der Waals surface area contributed by atoms with Gasteiger partial charge in [-0.1, -0.05) is 0 Å². The van der Waals surface area contributed by atoms with E-state index in [4.69, 9.17) is 4.74 Å². The normalized spacial score (nSPS) is 26.0. The zero-order chi connectivity index (χ0) is 16.5. The fraction of sp³-hybridized carbons (Fsp3) is 0.500. The van der Waals surface area contributed by atoms with Gasteiger partial charge < -0.3 is 19.9 Å². The molecule has 1 aromatic carbocycles. The van der Waals surface area contributed by atoms with Crippen LogP contribution in [0.5, 0.6) is 0 Å². The van der Waals surface area contributed by atoms with Gasteiger partial charge in [0, 0.05) is 48.8 Å². The van der Waals surface area contributed by atoms with Crippen molar-refractivity contribution in [1.82, 2.24) is 20.1 Å². The zero-order valence-electron chi connectivity index (χ0n) is 14.0. The van der Waals surface area contributed by atoms with Gasteiger partial charge in [-0.3, -0.25) is 9.69 Å². The van der Waals surface area contributed by atoms with Crippen LogP contribution >= 0.6 is 0 Å². The summed E-state index contributed by atoms with van der Waals surface area (Å²) in [5.74, 6) is -0.0206. The number of piperazine rings is 1. The predicted octanol–water partition coefficient (Wildman–Crippen LogP) is 0.913. The number of hydrogen-bond donors (Lipinski definition) is 2. The van der Waals surface area contributed by atoms with Crippen molar-refractivity contribution in [3.8, 4) is 0 Å². The average Bonchev–Trinajstić information content (AvgIpc) is 3.24. The first-order valence-corrected chi connectivity index (χ1v) is 8.59. The number of H-pyrrole nitrogens is 1. The lowest BCUT2D eigenvalue weighted by Gasteiger charge is -2.38. The van der Waals surface area contributed by atoms with Crippen LogP contribution in [-0.4, -0.2) is 79.2 Å². The Hall–Kier alpha value is -1.89. The molecule has 0 aliphatic carbocycles. The summed E-state index contributed by atoms with van der Waals surface area (Å²) in [6.45, 7) is 5.50. The molecule has 1 aromatic heterocycles. The van der Waals surface area contributed by atoms with Gasteiger partial charge in [0.2, 0.25) is 0 Å². The maximum atomic E-state index is 12.6. The first-order valence-electron chi connectivity index (χ1n) is 8.59. The second-order valence-corrected chi connectivity index (χ2v) is 6.80. The van der Waals surface area contributed by atoms with Crippen molar-refractivity contribution in [3.05, 3.63) is 36.0 Å². The number of hydrogen-bond acceptors (Lipinski definition) is 4. The van der Waals surface area contributed by atoms with Crippen molar-refractivity contribution in [2.24, 2.45) is 0 Å². The summed E-state index contributed by atoms with van der Waals surface area (Å²) >= 11 is 0. The van der Waals surface area contributed by atoms with Gasteiger partial charge in [0.15, 0.2) is 0 Å². The highest BCUT2D eigenvalue weighted by atomic mass is 16.5. The van der Waals surface area contributed by atoms with Gasteiger partial charge in [-0.05, 0) is 31.3 Å². The summed E-state index contributed by atoms with van der Waals surface area (Å²) < 4.78 is 5.67. The number of aromatic nitrogens is 1. The van der Waals surface area contributed by atoms with Gasteiger partial charge in [0.25, 0.3) is 5.91 Å². The lowest BCUT2D eigenvalue weighted by atomic mass is 10.1. The van der Waals surface area contributed by atoms with Gasteiger partial charge in [-0.15, -0.1) is 0 Å². The Morgan fingerprint density at radius 2 is 2.04 bits per heavy atom. The van der Waals surface area contributed by atoms with Crippen LogP contribution in [0.3, 0.4) is 0 Å². The summed E-state index contributed by atoms with van der Waals surface area (Å²) in [5, 5.41) is 4.24. The Morgan fingerprint density at radius 3 is 2.88 bits per heavy atom. The number of ether oxygens (including phenoxy) is 1. The third-order valence-corrected chi connectivity index (χ3v) is 5.19. The molecule has 2 saturated heterocycles. The van der Waals surface area contributed by atoms with Crippen LogP contribution in [0.25, 0.3) is 10.9 Å². The predicted molar refractivity (Wildman–Crippen MR) is 93.2 cm³/mol. The van der Waals surface area contributed by atoms with Gasteiger partial charge in [-0.25, -0.2) is 0 Å². The largest absolute Gasteiger partial charge is 0.378 e. The molecule has 2 atom stereocenters. The van der Waals surface area contributed by atoms with E-state index in [9.17, 15) is 4.79 Å². The van der Waals surface area contributed by atoms with Crippen LogP contribution in [0.1, 0.15) is 10.4 Å². The maximum absolute atomic E-state index is 12.6. The molecule has 2 aromatic rings. The lowest BCUT2D eigenvalue weighted by molar-refractivity contribution is 0.0829. The number of carbonyl (C=O) groups excluding carboxylic acids is 1. The van der Waals surface area contributed by atoms with E-state index in [0.717, 1.165) is 37.1 Å². The Bertz CT molecular complexity index is 721. The quantitative estimate of drug-likeness (QED) is 0.879. The van der Waals surface area contributed by atoms with Crippen LogP contribution in [0.2, 0.25) is 0 Å². The van der Waals surface area contributed by atoms with Crippen LogP contribution in [0, 0.1) is 0 Å². The number of carbonyl (C=O) groups is 1. The molecule has 0 radical (unpaired) electrons. The van der Waals surface area contributed by atoms with E-state index in [1.165, 1.54) is 0 Å². The van der Waals surface area contributed by atoms with Crippen molar-refractivity contribution < 1.29 is 9.53 Å². The molecule has 6 heteroatoms. The second-order valence-electron chi connectivity index (χ2n) is 6.80. The summed E-state index contributed by atoms with van der Waals surface area (Å²) in [7, 11) is 2.15. The summed E-state index contributed by atoms with van der Waals surface area (Å²) in [6, 6.07) is 8.07. The Kier molecular flexibility index (Phi) is 4.26. The zero-order valence-corrected chi connectivity index (χ0v) is 14.0. The monoisotopic (exact) mass is 328 g/mol. The molecule has 6 nitrogen and oxygen atoms in total. The number of fused-ring (bicyclic) bond motifs is 1. The molecule has 3 heterocycles. The fourth-order valence-corrected chi connectivity index (χ4v) is 3.64. The molecule has 0 unspecified atom stereocenters. The minimum atomic E-state index is -0.0206. The molecule has 2 aliphatic rings. The summed E-state index contributed by atoms with van der Waals surface area (Å²) in [5.41, 5.74) is 1.75. The van der Waals surface area contributed by atoms with E-state index in [-0.39, 0.29) is 18.0 Å². The van der Waals surface area contributed by atoms with Crippen molar-refractivity contribution in [2.45, 2.75) is 12.1 Å². The molecule has 0 spiro atoms. The van der Waals surface area contributed by atoms with Crippen molar-refractivity contribution >= 4 is 16.8 Å². The van der Waals surface area contributed by atoms with Gasteiger partial charge in [0.1, 0.15) is 0 Å². The van der Waals surface area contributed by atoms with Crippen molar-refractivity contribution in [2.75, 3.05) is 46.4 Å². The van der Waals surface area contributed by atoms with Crippen LogP contribution in [0.15, 0.2) is 30.5 Å². The van der Waals surface area contributed by atoms with Crippen LogP contribution in [0.4, 0.5) is 0 Å². The van der Waals surface area contributed by atoms with E-state index in [0.29, 0.717) is 18.8 Å². The Balaban J connectivity index is 1.44.